The lowest BCUT2D eigenvalue weighted by Crippen LogP contribution is -2.48. The smallest absolute Gasteiger partial charge is 0.257 e. The summed E-state index contributed by atoms with van der Waals surface area (Å²) in [6.07, 6.45) is 1.84. The van der Waals surface area contributed by atoms with Crippen LogP contribution in [0.15, 0.2) is 24.4 Å². The van der Waals surface area contributed by atoms with E-state index in [0.717, 1.165) is 30.9 Å². The summed E-state index contributed by atoms with van der Waals surface area (Å²) < 4.78 is 1.80. The van der Waals surface area contributed by atoms with E-state index in [0.29, 0.717) is 35.2 Å². The predicted octanol–water partition coefficient (Wildman–Crippen LogP) is 3.48. The molecule has 1 amide bonds. The number of hydrogen-bond donors (Lipinski definition) is 0. The maximum absolute atomic E-state index is 12.7. The van der Waals surface area contributed by atoms with Gasteiger partial charge in [-0.15, -0.1) is 0 Å². The minimum Gasteiger partial charge on any atom is -0.336 e. The van der Waals surface area contributed by atoms with E-state index in [1.165, 1.54) is 0 Å². The summed E-state index contributed by atoms with van der Waals surface area (Å²) in [5, 5.41) is 5.74. The highest BCUT2D eigenvalue weighted by molar-refractivity contribution is 6.35. The van der Waals surface area contributed by atoms with Gasteiger partial charge in [-0.2, -0.15) is 5.10 Å². The predicted molar refractivity (Wildman–Crippen MR) is 100 cm³/mol. The third kappa shape index (κ3) is 4.00. The summed E-state index contributed by atoms with van der Waals surface area (Å²) >= 11 is 12.5. The zero-order chi connectivity index (χ0) is 18.0. The van der Waals surface area contributed by atoms with Crippen LogP contribution in [0, 0.1) is 6.92 Å². The Morgan fingerprint density at radius 2 is 1.80 bits per heavy atom. The second-order valence-corrected chi connectivity index (χ2v) is 7.07. The van der Waals surface area contributed by atoms with Crippen LogP contribution >= 0.6 is 23.2 Å². The molecule has 0 atom stereocenters. The fourth-order valence-corrected chi connectivity index (χ4v) is 3.59. The molecule has 2 aromatic rings. The van der Waals surface area contributed by atoms with Gasteiger partial charge in [-0.05, 0) is 26.0 Å². The lowest BCUT2D eigenvalue weighted by Gasteiger charge is -2.35. The molecule has 1 aromatic heterocycles. The van der Waals surface area contributed by atoms with Crippen molar-refractivity contribution in [2.45, 2.75) is 26.9 Å². The average molecular weight is 381 g/mol. The Balaban J connectivity index is 1.61. The maximum atomic E-state index is 12.7. The monoisotopic (exact) mass is 380 g/mol. The minimum atomic E-state index is 0.0626. The van der Waals surface area contributed by atoms with Crippen molar-refractivity contribution in [3.63, 3.8) is 0 Å². The minimum absolute atomic E-state index is 0.0626. The van der Waals surface area contributed by atoms with E-state index in [1.807, 2.05) is 43.1 Å². The van der Waals surface area contributed by atoms with E-state index in [-0.39, 0.29) is 5.91 Å². The Hall–Kier alpha value is -1.56. The SMILES string of the molecule is CCn1cc(C(=O)N2CCN(Cc3c(Cl)cccc3Cl)CC2)c(C)n1. The second kappa shape index (κ2) is 7.77. The van der Waals surface area contributed by atoms with Crippen LogP contribution in [0.5, 0.6) is 0 Å². The van der Waals surface area contributed by atoms with Gasteiger partial charge < -0.3 is 4.90 Å². The number of aromatic nitrogens is 2. The molecule has 0 radical (unpaired) electrons. The topological polar surface area (TPSA) is 41.4 Å². The lowest BCUT2D eigenvalue weighted by atomic mass is 10.1. The molecule has 1 saturated heterocycles. The molecular formula is C18H22Cl2N4O. The third-order valence-electron chi connectivity index (χ3n) is 4.60. The first-order valence-electron chi connectivity index (χ1n) is 8.48. The Labute approximate surface area is 158 Å². The van der Waals surface area contributed by atoms with E-state index in [2.05, 4.69) is 10.00 Å². The number of rotatable bonds is 4. The van der Waals surface area contributed by atoms with E-state index in [1.54, 1.807) is 4.68 Å². The number of benzene rings is 1. The summed E-state index contributed by atoms with van der Waals surface area (Å²) in [5.74, 6) is 0.0626. The largest absolute Gasteiger partial charge is 0.336 e. The molecule has 0 bridgehead atoms. The van der Waals surface area contributed by atoms with Crippen molar-refractivity contribution in [3.8, 4) is 0 Å². The Bertz CT molecular complexity index is 746. The molecule has 0 unspecified atom stereocenters. The molecule has 0 N–H and O–H groups in total. The van der Waals surface area contributed by atoms with Crippen LogP contribution in [0.25, 0.3) is 0 Å². The van der Waals surface area contributed by atoms with Crippen LogP contribution in [0.3, 0.4) is 0 Å². The Morgan fingerprint density at radius 3 is 2.36 bits per heavy atom. The summed E-state index contributed by atoms with van der Waals surface area (Å²) in [6.45, 7) is 8.35. The first kappa shape index (κ1) is 18.2. The van der Waals surface area contributed by atoms with Crippen LogP contribution in [0.1, 0.15) is 28.5 Å². The first-order valence-corrected chi connectivity index (χ1v) is 9.23. The van der Waals surface area contributed by atoms with Crippen LogP contribution in [0.2, 0.25) is 10.0 Å². The molecular weight excluding hydrogens is 359 g/mol. The van der Waals surface area contributed by atoms with Gasteiger partial charge in [0, 0.05) is 61.1 Å². The molecule has 2 heterocycles. The van der Waals surface area contributed by atoms with Crippen LogP contribution in [0.4, 0.5) is 0 Å². The summed E-state index contributed by atoms with van der Waals surface area (Å²) in [5.41, 5.74) is 2.44. The van der Waals surface area contributed by atoms with Gasteiger partial charge in [-0.25, -0.2) is 0 Å². The van der Waals surface area contributed by atoms with Crippen molar-refractivity contribution >= 4 is 29.1 Å². The molecule has 0 aliphatic carbocycles. The molecule has 0 spiro atoms. The fraction of sp³-hybridized carbons (Fsp3) is 0.444. The first-order chi connectivity index (χ1) is 12.0. The number of carbonyl (C=O) groups is 1. The van der Waals surface area contributed by atoms with Gasteiger partial charge in [0.2, 0.25) is 0 Å². The van der Waals surface area contributed by atoms with Crippen LogP contribution in [-0.4, -0.2) is 51.7 Å². The molecule has 3 rings (SSSR count). The normalized spacial score (nSPS) is 15.6. The number of piperazine rings is 1. The van der Waals surface area contributed by atoms with E-state index >= 15 is 0 Å². The van der Waals surface area contributed by atoms with Crippen molar-refractivity contribution in [2.75, 3.05) is 26.2 Å². The molecule has 134 valence electrons. The Morgan fingerprint density at radius 1 is 1.16 bits per heavy atom. The highest BCUT2D eigenvalue weighted by atomic mass is 35.5. The summed E-state index contributed by atoms with van der Waals surface area (Å²) in [4.78, 5) is 16.9. The fourth-order valence-electron chi connectivity index (χ4n) is 3.08. The van der Waals surface area contributed by atoms with Gasteiger partial charge in [-0.3, -0.25) is 14.4 Å². The number of hydrogen-bond acceptors (Lipinski definition) is 3. The number of aryl methyl sites for hydroxylation is 2. The molecule has 1 aromatic carbocycles. The summed E-state index contributed by atoms with van der Waals surface area (Å²) in [6, 6.07) is 5.57. The number of carbonyl (C=O) groups excluding carboxylic acids is 1. The van der Waals surface area contributed by atoms with Gasteiger partial charge in [0.25, 0.3) is 5.91 Å². The van der Waals surface area contributed by atoms with E-state index < -0.39 is 0 Å². The van der Waals surface area contributed by atoms with Gasteiger partial charge >= 0.3 is 0 Å². The van der Waals surface area contributed by atoms with Gasteiger partial charge in [0.05, 0.1) is 11.3 Å². The quantitative estimate of drug-likeness (QED) is 0.815. The Kier molecular flexibility index (Phi) is 5.67. The average Bonchev–Trinajstić information content (AvgIpc) is 2.99. The number of halogens is 2. The molecule has 5 nitrogen and oxygen atoms in total. The third-order valence-corrected chi connectivity index (χ3v) is 5.31. The molecule has 1 aliphatic rings. The molecule has 1 fully saturated rings. The standard InChI is InChI=1S/C18H22Cl2N4O/c1-3-24-12-14(13(2)21-24)18(25)23-9-7-22(8-10-23)11-15-16(19)5-4-6-17(15)20/h4-6,12H,3,7-11H2,1-2H3. The second-order valence-electron chi connectivity index (χ2n) is 6.25. The van der Waals surface area contributed by atoms with Crippen molar-refractivity contribution in [1.82, 2.24) is 19.6 Å². The molecule has 0 saturated carbocycles. The van der Waals surface area contributed by atoms with Crippen molar-refractivity contribution in [2.24, 2.45) is 0 Å². The molecule has 1 aliphatic heterocycles. The summed E-state index contributed by atoms with van der Waals surface area (Å²) in [7, 11) is 0. The van der Waals surface area contributed by atoms with E-state index in [9.17, 15) is 4.79 Å². The number of nitrogens with zero attached hydrogens (tertiary/aromatic N) is 4. The van der Waals surface area contributed by atoms with Gasteiger partial charge in [0.15, 0.2) is 0 Å². The van der Waals surface area contributed by atoms with Gasteiger partial charge in [0.1, 0.15) is 0 Å². The van der Waals surface area contributed by atoms with Crippen LogP contribution in [-0.2, 0) is 13.1 Å². The van der Waals surface area contributed by atoms with Crippen molar-refractivity contribution in [1.29, 1.82) is 0 Å². The zero-order valence-electron chi connectivity index (χ0n) is 14.5. The number of amides is 1. The molecule has 25 heavy (non-hydrogen) atoms. The molecule has 7 heteroatoms. The van der Waals surface area contributed by atoms with Crippen molar-refractivity contribution < 1.29 is 4.79 Å². The van der Waals surface area contributed by atoms with E-state index in [4.69, 9.17) is 23.2 Å². The zero-order valence-corrected chi connectivity index (χ0v) is 16.0. The highest BCUT2D eigenvalue weighted by Crippen LogP contribution is 2.26. The van der Waals surface area contributed by atoms with Gasteiger partial charge in [-0.1, -0.05) is 29.3 Å². The van der Waals surface area contributed by atoms with Crippen molar-refractivity contribution in [3.05, 3.63) is 51.3 Å². The van der Waals surface area contributed by atoms with Crippen LogP contribution < -0.4 is 0 Å². The maximum Gasteiger partial charge on any atom is 0.257 e. The lowest BCUT2D eigenvalue weighted by molar-refractivity contribution is 0.0627. The highest BCUT2D eigenvalue weighted by Gasteiger charge is 2.25.